The van der Waals surface area contributed by atoms with E-state index in [0.29, 0.717) is 18.9 Å². The largest absolute Gasteiger partial charge is 0.444 e. The first kappa shape index (κ1) is 18.0. The molecule has 1 amide bonds. The Hall–Kier alpha value is -1.36. The molecule has 0 radical (unpaired) electrons. The van der Waals surface area contributed by atoms with Gasteiger partial charge in [-0.1, -0.05) is 6.92 Å². The van der Waals surface area contributed by atoms with E-state index >= 15 is 0 Å². The number of carbonyl (C=O) groups excluding carboxylic acids is 2. The molecule has 2 atom stereocenters. The Morgan fingerprint density at radius 3 is 2.65 bits per heavy atom. The summed E-state index contributed by atoms with van der Waals surface area (Å²) in [6.45, 7) is 10.4. The second kappa shape index (κ2) is 7.04. The van der Waals surface area contributed by atoms with E-state index in [0.717, 1.165) is 23.3 Å². The molecule has 1 saturated heterocycles. The molecule has 1 aliphatic rings. The van der Waals surface area contributed by atoms with Gasteiger partial charge in [0.05, 0.1) is 4.88 Å². The van der Waals surface area contributed by atoms with Gasteiger partial charge in [-0.3, -0.25) is 4.79 Å². The molecular weight excluding hydrogens is 310 g/mol. The van der Waals surface area contributed by atoms with E-state index in [2.05, 4.69) is 6.92 Å². The average molecular weight is 337 g/mol. The van der Waals surface area contributed by atoms with Crippen LogP contribution in [0.2, 0.25) is 0 Å². The third-order valence-electron chi connectivity index (χ3n) is 4.14. The Morgan fingerprint density at radius 2 is 2.09 bits per heavy atom. The van der Waals surface area contributed by atoms with Crippen LogP contribution in [0, 0.1) is 12.8 Å². The van der Waals surface area contributed by atoms with Crippen molar-refractivity contribution in [3.63, 3.8) is 0 Å². The van der Waals surface area contributed by atoms with Gasteiger partial charge in [0.25, 0.3) is 0 Å². The predicted octanol–water partition coefficient (Wildman–Crippen LogP) is 4.66. The van der Waals surface area contributed by atoms with Gasteiger partial charge in [-0.2, -0.15) is 0 Å². The number of thiophene rings is 1. The molecule has 4 nitrogen and oxygen atoms in total. The first-order valence-corrected chi connectivity index (χ1v) is 9.12. The van der Waals surface area contributed by atoms with Crippen LogP contribution >= 0.6 is 11.3 Å². The van der Waals surface area contributed by atoms with E-state index < -0.39 is 5.60 Å². The molecule has 128 valence electrons. The van der Waals surface area contributed by atoms with Crippen LogP contribution in [0.25, 0.3) is 0 Å². The fourth-order valence-corrected chi connectivity index (χ4v) is 3.85. The smallest absolute Gasteiger partial charge is 0.410 e. The van der Waals surface area contributed by atoms with Crippen LogP contribution < -0.4 is 0 Å². The second-order valence-corrected chi connectivity index (χ2v) is 8.43. The van der Waals surface area contributed by atoms with Crippen molar-refractivity contribution in [1.82, 2.24) is 4.90 Å². The molecule has 1 aromatic heterocycles. The number of rotatable bonds is 3. The number of aryl methyl sites for hydroxylation is 1. The summed E-state index contributed by atoms with van der Waals surface area (Å²) in [5.41, 5.74) is 0.506. The number of ketones is 1. The molecule has 0 bridgehead atoms. The Bertz CT molecular complexity index is 573. The minimum Gasteiger partial charge on any atom is -0.444 e. The highest BCUT2D eigenvalue weighted by molar-refractivity contribution is 7.12. The second-order valence-electron chi connectivity index (χ2n) is 7.52. The fourth-order valence-electron chi connectivity index (χ4n) is 2.97. The summed E-state index contributed by atoms with van der Waals surface area (Å²) in [5, 5.41) is 1.94. The quantitative estimate of drug-likeness (QED) is 0.753. The van der Waals surface area contributed by atoms with E-state index in [-0.39, 0.29) is 17.9 Å². The zero-order valence-corrected chi connectivity index (χ0v) is 15.5. The van der Waals surface area contributed by atoms with Crippen LogP contribution in [0.3, 0.4) is 0 Å². The number of piperidine rings is 1. The van der Waals surface area contributed by atoms with Crippen molar-refractivity contribution < 1.29 is 14.3 Å². The van der Waals surface area contributed by atoms with Crippen molar-refractivity contribution in [3.05, 3.63) is 21.9 Å². The number of nitrogens with zero attached hydrogens (tertiary/aromatic N) is 1. The third-order valence-corrected chi connectivity index (χ3v) is 5.20. The Labute approximate surface area is 142 Å². The number of carbonyl (C=O) groups is 2. The van der Waals surface area contributed by atoms with Gasteiger partial charge in [-0.25, -0.2) is 4.79 Å². The zero-order valence-electron chi connectivity index (χ0n) is 14.7. The van der Waals surface area contributed by atoms with E-state index in [4.69, 9.17) is 4.74 Å². The van der Waals surface area contributed by atoms with Gasteiger partial charge in [-0.15, -0.1) is 11.3 Å². The standard InChI is InChI=1S/C18H27NO3S/c1-12-6-8-19(17(21)22-18(3,4)5)14(10-12)11-15(20)16-13(2)7-9-23-16/h7,9,12,14H,6,8,10-11H2,1-5H3. The molecule has 0 aromatic carbocycles. The Balaban J connectivity index is 2.10. The van der Waals surface area contributed by atoms with Gasteiger partial charge in [0.1, 0.15) is 5.60 Å². The topological polar surface area (TPSA) is 46.6 Å². The SMILES string of the molecule is Cc1ccsc1C(=O)CC1CC(C)CCN1C(=O)OC(C)(C)C. The van der Waals surface area contributed by atoms with Crippen molar-refractivity contribution in [2.75, 3.05) is 6.54 Å². The molecule has 5 heteroatoms. The van der Waals surface area contributed by atoms with Gasteiger partial charge in [0.15, 0.2) is 5.78 Å². The third kappa shape index (κ3) is 4.80. The van der Waals surface area contributed by atoms with E-state index in [1.54, 1.807) is 4.90 Å². The summed E-state index contributed by atoms with van der Waals surface area (Å²) in [6, 6.07) is 1.90. The minimum atomic E-state index is -0.515. The summed E-state index contributed by atoms with van der Waals surface area (Å²) < 4.78 is 5.52. The number of likely N-dealkylation sites (tertiary alicyclic amines) is 1. The molecule has 1 fully saturated rings. The van der Waals surface area contributed by atoms with Gasteiger partial charge >= 0.3 is 6.09 Å². The van der Waals surface area contributed by atoms with Crippen LogP contribution in [0.5, 0.6) is 0 Å². The van der Waals surface area contributed by atoms with E-state index in [9.17, 15) is 9.59 Å². The monoisotopic (exact) mass is 337 g/mol. The molecule has 0 saturated carbocycles. The van der Waals surface area contributed by atoms with Gasteiger partial charge in [0.2, 0.25) is 0 Å². The maximum atomic E-state index is 12.6. The van der Waals surface area contributed by atoms with Gasteiger partial charge in [0, 0.05) is 19.0 Å². The Kier molecular flexibility index (Phi) is 5.50. The van der Waals surface area contributed by atoms with Crippen molar-refractivity contribution in [1.29, 1.82) is 0 Å². The number of hydrogen-bond donors (Lipinski definition) is 0. The molecule has 2 heterocycles. The van der Waals surface area contributed by atoms with Crippen LogP contribution in [-0.2, 0) is 4.74 Å². The highest BCUT2D eigenvalue weighted by Crippen LogP contribution is 2.28. The first-order valence-electron chi connectivity index (χ1n) is 8.24. The molecule has 0 N–H and O–H groups in total. The summed E-state index contributed by atoms with van der Waals surface area (Å²) in [6.07, 6.45) is 1.90. The lowest BCUT2D eigenvalue weighted by Crippen LogP contribution is -2.48. The van der Waals surface area contributed by atoms with Crippen LogP contribution in [0.4, 0.5) is 4.79 Å². The number of amides is 1. The van der Waals surface area contributed by atoms with E-state index in [1.807, 2.05) is 39.1 Å². The predicted molar refractivity (Wildman–Crippen MR) is 93.1 cm³/mol. The lowest BCUT2D eigenvalue weighted by molar-refractivity contribution is 0.00516. The summed E-state index contributed by atoms with van der Waals surface area (Å²) in [4.78, 5) is 27.6. The lowest BCUT2D eigenvalue weighted by Gasteiger charge is -2.38. The zero-order chi connectivity index (χ0) is 17.2. The fraction of sp³-hybridized carbons (Fsp3) is 0.667. The lowest BCUT2D eigenvalue weighted by atomic mass is 9.89. The van der Waals surface area contributed by atoms with E-state index in [1.165, 1.54) is 11.3 Å². The summed E-state index contributed by atoms with van der Waals surface area (Å²) in [7, 11) is 0. The molecule has 2 unspecified atom stereocenters. The Morgan fingerprint density at radius 1 is 1.39 bits per heavy atom. The first-order chi connectivity index (χ1) is 10.7. The van der Waals surface area contributed by atoms with Gasteiger partial charge in [-0.05, 0) is 63.5 Å². The minimum absolute atomic E-state index is 0.0670. The molecule has 1 aliphatic heterocycles. The molecule has 2 rings (SSSR count). The maximum Gasteiger partial charge on any atom is 0.410 e. The van der Waals surface area contributed by atoms with Crippen molar-refractivity contribution in [2.45, 2.75) is 65.5 Å². The van der Waals surface area contributed by atoms with Crippen LogP contribution in [0.1, 0.15) is 62.2 Å². The molecule has 23 heavy (non-hydrogen) atoms. The summed E-state index contributed by atoms with van der Waals surface area (Å²) in [5.74, 6) is 0.654. The maximum absolute atomic E-state index is 12.6. The average Bonchev–Trinajstić information content (AvgIpc) is 2.83. The highest BCUT2D eigenvalue weighted by atomic mass is 32.1. The van der Waals surface area contributed by atoms with Crippen LogP contribution in [-0.4, -0.2) is 35.0 Å². The molecule has 0 spiro atoms. The molecule has 1 aromatic rings. The number of ether oxygens (including phenoxy) is 1. The summed E-state index contributed by atoms with van der Waals surface area (Å²) >= 11 is 1.48. The van der Waals surface area contributed by atoms with Gasteiger partial charge < -0.3 is 9.64 Å². The van der Waals surface area contributed by atoms with Crippen molar-refractivity contribution in [2.24, 2.45) is 5.92 Å². The van der Waals surface area contributed by atoms with Crippen molar-refractivity contribution in [3.8, 4) is 0 Å². The normalized spacial score (nSPS) is 22.0. The van der Waals surface area contributed by atoms with Crippen molar-refractivity contribution >= 4 is 23.2 Å². The van der Waals surface area contributed by atoms with Crippen LogP contribution in [0.15, 0.2) is 11.4 Å². The molecular formula is C18H27NO3S. The number of hydrogen-bond acceptors (Lipinski definition) is 4. The molecule has 0 aliphatic carbocycles. The highest BCUT2D eigenvalue weighted by Gasteiger charge is 2.34. The number of Topliss-reactive ketones (excluding diaryl/α,β-unsaturated/α-hetero) is 1.